The highest BCUT2D eigenvalue weighted by molar-refractivity contribution is 6.84. The van der Waals surface area contributed by atoms with E-state index in [1.807, 2.05) is 24.3 Å². The fraction of sp³-hybridized carbons (Fsp3) is 0.333. The Labute approximate surface area is 79.4 Å². The highest BCUT2D eigenvalue weighted by Crippen LogP contribution is 2.08. The van der Waals surface area contributed by atoms with Crippen LogP contribution in [0, 0.1) is 0 Å². The first-order valence-electron chi connectivity index (χ1n) is 3.87. The molecule has 1 aromatic rings. The number of rotatable bonds is 2. The number of benzene rings is 1. The van der Waals surface area contributed by atoms with Crippen molar-refractivity contribution in [2.24, 2.45) is 0 Å². The summed E-state index contributed by atoms with van der Waals surface area (Å²) in [5.41, 5.74) is 0. The van der Waals surface area contributed by atoms with Crippen molar-refractivity contribution >= 4 is 25.1 Å². The first kappa shape index (κ1) is 9.77. The molecule has 0 heterocycles. The quantitative estimate of drug-likeness (QED) is 0.667. The molecule has 0 fully saturated rings. The normalized spacial score (nSPS) is 11.7. The first-order valence-corrected chi connectivity index (χ1v) is 7.16. The molecule has 0 spiro atoms. The highest BCUT2D eigenvalue weighted by Gasteiger charge is 2.22. The van der Waals surface area contributed by atoms with E-state index >= 15 is 0 Å². The van der Waals surface area contributed by atoms with Gasteiger partial charge in [-0.15, -0.1) is 0 Å². The Morgan fingerprint density at radius 2 is 1.67 bits per heavy atom. The average molecular weight is 201 g/mol. The molecule has 0 bridgehead atoms. The largest absolute Gasteiger partial charge is 0.416 e. The molecule has 0 aliphatic carbocycles. The van der Waals surface area contributed by atoms with Crippen LogP contribution in [0.2, 0.25) is 18.1 Å². The van der Waals surface area contributed by atoms with E-state index < -0.39 is 8.32 Å². The molecule has 0 saturated heterocycles. The van der Waals surface area contributed by atoms with Gasteiger partial charge >= 0.3 is 0 Å². The van der Waals surface area contributed by atoms with Crippen LogP contribution >= 0.6 is 11.6 Å². The lowest BCUT2D eigenvalue weighted by Crippen LogP contribution is -2.43. The highest BCUT2D eigenvalue weighted by atomic mass is 35.5. The SMILES string of the molecule is CO[Si](C)(C)c1ccc(Cl)cc1. The molecule has 1 aromatic carbocycles. The van der Waals surface area contributed by atoms with Gasteiger partial charge < -0.3 is 4.43 Å². The summed E-state index contributed by atoms with van der Waals surface area (Å²) in [5.74, 6) is 0. The molecular weight excluding hydrogens is 188 g/mol. The van der Waals surface area contributed by atoms with Crippen LogP contribution in [0.4, 0.5) is 0 Å². The Morgan fingerprint density at radius 3 is 2.08 bits per heavy atom. The van der Waals surface area contributed by atoms with E-state index in [9.17, 15) is 0 Å². The van der Waals surface area contributed by atoms with Crippen LogP contribution in [0.1, 0.15) is 0 Å². The van der Waals surface area contributed by atoms with Gasteiger partial charge in [0.15, 0.2) is 0 Å². The van der Waals surface area contributed by atoms with Crippen LogP contribution in [0.25, 0.3) is 0 Å². The molecule has 3 heteroatoms. The van der Waals surface area contributed by atoms with Gasteiger partial charge in [-0.2, -0.15) is 0 Å². The van der Waals surface area contributed by atoms with Gasteiger partial charge in [0.1, 0.15) is 0 Å². The van der Waals surface area contributed by atoms with Gasteiger partial charge in [-0.05, 0) is 30.4 Å². The van der Waals surface area contributed by atoms with Crippen LogP contribution in [0.15, 0.2) is 24.3 Å². The van der Waals surface area contributed by atoms with Gasteiger partial charge in [-0.3, -0.25) is 0 Å². The number of hydrogen-bond donors (Lipinski definition) is 0. The maximum absolute atomic E-state index is 5.78. The van der Waals surface area contributed by atoms with Crippen molar-refractivity contribution in [3.8, 4) is 0 Å². The third-order valence-electron chi connectivity index (χ3n) is 2.05. The summed E-state index contributed by atoms with van der Waals surface area (Å²) in [6, 6.07) is 7.89. The molecule has 0 amide bonds. The van der Waals surface area contributed by atoms with Crippen molar-refractivity contribution in [3.63, 3.8) is 0 Å². The summed E-state index contributed by atoms with van der Waals surface area (Å²) in [6.45, 7) is 4.33. The molecular formula is C9H13ClOSi. The van der Waals surface area contributed by atoms with Gasteiger partial charge in [-0.1, -0.05) is 23.7 Å². The average Bonchev–Trinajstić information content (AvgIpc) is 2.05. The van der Waals surface area contributed by atoms with Crippen LogP contribution in [0.3, 0.4) is 0 Å². The molecule has 1 rings (SSSR count). The van der Waals surface area contributed by atoms with Gasteiger partial charge in [0, 0.05) is 12.1 Å². The zero-order chi connectivity index (χ0) is 9.19. The fourth-order valence-corrected chi connectivity index (χ4v) is 2.30. The molecule has 0 aliphatic heterocycles. The summed E-state index contributed by atoms with van der Waals surface area (Å²) in [7, 11) is 0.130. The summed E-state index contributed by atoms with van der Waals surface area (Å²) in [4.78, 5) is 0. The Morgan fingerprint density at radius 1 is 1.17 bits per heavy atom. The van der Waals surface area contributed by atoms with E-state index in [0.29, 0.717) is 0 Å². The minimum atomic E-state index is -1.63. The minimum Gasteiger partial charge on any atom is -0.416 e. The van der Waals surface area contributed by atoms with Crippen LogP contribution in [-0.4, -0.2) is 15.4 Å². The lowest BCUT2D eigenvalue weighted by Gasteiger charge is -2.20. The predicted octanol–water partition coefficient (Wildman–Crippen LogP) is 2.40. The van der Waals surface area contributed by atoms with Crippen molar-refractivity contribution in [2.45, 2.75) is 13.1 Å². The zero-order valence-electron chi connectivity index (χ0n) is 7.60. The molecule has 1 nitrogen and oxygen atoms in total. The lowest BCUT2D eigenvalue weighted by molar-refractivity contribution is 0.416. The maximum atomic E-state index is 5.78. The van der Waals surface area contributed by atoms with Crippen molar-refractivity contribution in [1.29, 1.82) is 0 Å². The van der Waals surface area contributed by atoms with E-state index in [1.165, 1.54) is 5.19 Å². The zero-order valence-corrected chi connectivity index (χ0v) is 9.35. The standard InChI is InChI=1S/C9H13ClOSi/c1-11-12(2,3)9-6-4-8(10)5-7-9/h4-7H,1-3H3. The summed E-state index contributed by atoms with van der Waals surface area (Å²) in [6.07, 6.45) is 0. The molecule has 0 atom stereocenters. The second kappa shape index (κ2) is 3.60. The first-order chi connectivity index (χ1) is 5.56. The molecule has 0 saturated carbocycles. The molecule has 0 aromatic heterocycles. The van der Waals surface area contributed by atoms with Crippen LogP contribution in [-0.2, 0) is 4.43 Å². The van der Waals surface area contributed by atoms with E-state index in [2.05, 4.69) is 13.1 Å². The summed E-state index contributed by atoms with van der Waals surface area (Å²) < 4.78 is 5.46. The molecule has 0 N–H and O–H groups in total. The summed E-state index contributed by atoms with van der Waals surface area (Å²) in [5, 5.41) is 2.05. The molecule has 0 radical (unpaired) electrons. The second-order valence-corrected chi connectivity index (χ2v) is 7.66. The summed E-state index contributed by atoms with van der Waals surface area (Å²) >= 11 is 5.78. The maximum Gasteiger partial charge on any atom is 0.217 e. The van der Waals surface area contributed by atoms with Crippen molar-refractivity contribution in [3.05, 3.63) is 29.3 Å². The van der Waals surface area contributed by atoms with Crippen LogP contribution < -0.4 is 5.19 Å². The number of hydrogen-bond acceptors (Lipinski definition) is 1. The third-order valence-corrected chi connectivity index (χ3v) is 5.05. The Balaban J connectivity index is 2.96. The third kappa shape index (κ3) is 2.09. The Kier molecular flexibility index (Phi) is 2.93. The van der Waals surface area contributed by atoms with Crippen molar-refractivity contribution in [1.82, 2.24) is 0 Å². The van der Waals surface area contributed by atoms with Crippen LogP contribution in [0.5, 0.6) is 0 Å². The topological polar surface area (TPSA) is 9.23 Å². The van der Waals surface area contributed by atoms with E-state index in [4.69, 9.17) is 16.0 Å². The molecule has 66 valence electrons. The predicted molar refractivity (Wildman–Crippen MR) is 55.6 cm³/mol. The van der Waals surface area contributed by atoms with Gasteiger partial charge in [0.05, 0.1) is 0 Å². The fourth-order valence-electron chi connectivity index (χ4n) is 0.969. The minimum absolute atomic E-state index is 0.777. The molecule has 0 aliphatic rings. The second-order valence-electron chi connectivity index (χ2n) is 3.22. The van der Waals surface area contributed by atoms with Crippen molar-refractivity contribution in [2.75, 3.05) is 7.11 Å². The smallest absolute Gasteiger partial charge is 0.217 e. The Bertz CT molecular complexity index is 256. The monoisotopic (exact) mass is 200 g/mol. The number of halogens is 1. The van der Waals surface area contributed by atoms with Crippen molar-refractivity contribution < 1.29 is 4.43 Å². The van der Waals surface area contributed by atoms with E-state index in [0.717, 1.165) is 5.02 Å². The van der Waals surface area contributed by atoms with Gasteiger partial charge in [-0.25, -0.2) is 0 Å². The van der Waals surface area contributed by atoms with E-state index in [-0.39, 0.29) is 0 Å². The lowest BCUT2D eigenvalue weighted by atomic mass is 10.4. The van der Waals surface area contributed by atoms with Gasteiger partial charge in [0.2, 0.25) is 8.32 Å². The van der Waals surface area contributed by atoms with E-state index in [1.54, 1.807) is 7.11 Å². The Hall–Kier alpha value is -0.313. The molecule has 0 unspecified atom stereocenters. The van der Waals surface area contributed by atoms with Gasteiger partial charge in [0.25, 0.3) is 0 Å². The molecule has 12 heavy (non-hydrogen) atoms.